The number of hydrogen-bond acceptors (Lipinski definition) is 5. The van der Waals surface area contributed by atoms with Gasteiger partial charge in [0.1, 0.15) is 0 Å². The fraction of sp³-hybridized carbons (Fsp3) is 0.647. The molecule has 1 aromatic carbocycles. The van der Waals surface area contributed by atoms with Crippen molar-refractivity contribution in [1.29, 1.82) is 0 Å². The zero-order valence-corrected chi connectivity index (χ0v) is 16.6. The van der Waals surface area contributed by atoms with Crippen molar-refractivity contribution in [1.82, 2.24) is 0 Å². The first-order valence-corrected chi connectivity index (χ1v) is 10.6. The Morgan fingerprint density at radius 1 is 0.960 bits per heavy atom. The first-order chi connectivity index (χ1) is 12.2. The second kappa shape index (κ2) is 12.7. The summed E-state index contributed by atoms with van der Waals surface area (Å²) in [5.41, 5.74) is 9.57. The molecule has 0 fully saturated rings. The number of nitrogens with zero attached hydrogens (tertiary/aromatic N) is 4. The number of para-hydroxylation sites is 1. The second-order valence-corrected chi connectivity index (χ2v) is 8.83. The summed E-state index contributed by atoms with van der Waals surface area (Å²) in [5.74, 6) is 0. The van der Waals surface area contributed by atoms with E-state index in [4.69, 9.17) is 18.8 Å². The van der Waals surface area contributed by atoms with Crippen LogP contribution in [0.4, 0.5) is 5.69 Å². The molecule has 0 aliphatic heterocycles. The third kappa shape index (κ3) is 7.90. The average Bonchev–Trinajstić information content (AvgIpc) is 2.67. The van der Waals surface area contributed by atoms with Crippen LogP contribution in [0.25, 0.3) is 10.4 Å². The van der Waals surface area contributed by atoms with E-state index >= 15 is 0 Å². The van der Waals surface area contributed by atoms with Crippen LogP contribution in [0, 0.1) is 0 Å². The zero-order chi connectivity index (χ0) is 18.4. The van der Waals surface area contributed by atoms with Crippen molar-refractivity contribution in [3.8, 4) is 0 Å². The van der Waals surface area contributed by atoms with Gasteiger partial charge >= 0.3 is 8.80 Å². The maximum Gasteiger partial charge on any atom is 0.500 e. The third-order valence-corrected chi connectivity index (χ3v) is 7.05. The van der Waals surface area contributed by atoms with Gasteiger partial charge in [0, 0.05) is 57.6 Å². The lowest BCUT2D eigenvalue weighted by Gasteiger charge is -2.27. The van der Waals surface area contributed by atoms with Crippen LogP contribution in [-0.4, -0.2) is 49.8 Å². The standard InChI is InChI=1S/C17H30N4O3Si/c1-22-25(23-2,24-3)16-10-9-15-21(14-8-7-13-19-20-18)17-11-5-4-6-12-17/h4-6,11-12H,7-10,13-16H2,1-3H3. The van der Waals surface area contributed by atoms with Crippen molar-refractivity contribution < 1.29 is 13.3 Å². The summed E-state index contributed by atoms with van der Waals surface area (Å²) in [6.07, 6.45) is 3.93. The molecule has 0 heterocycles. The van der Waals surface area contributed by atoms with Crippen LogP contribution in [0.1, 0.15) is 25.7 Å². The highest BCUT2D eigenvalue weighted by atomic mass is 28.4. The lowest BCUT2D eigenvalue weighted by atomic mass is 10.2. The summed E-state index contributed by atoms with van der Waals surface area (Å²) in [5, 5.41) is 3.60. The smallest absolute Gasteiger partial charge is 0.377 e. The van der Waals surface area contributed by atoms with E-state index in [-0.39, 0.29) is 0 Å². The molecule has 0 N–H and O–H groups in total. The van der Waals surface area contributed by atoms with E-state index in [0.29, 0.717) is 6.54 Å². The summed E-state index contributed by atoms with van der Waals surface area (Å²) in [4.78, 5) is 5.18. The minimum Gasteiger partial charge on any atom is -0.377 e. The quantitative estimate of drug-likeness (QED) is 0.162. The maximum absolute atomic E-state index is 8.34. The molecule has 0 spiro atoms. The lowest BCUT2D eigenvalue weighted by molar-refractivity contribution is 0.123. The van der Waals surface area contributed by atoms with Crippen molar-refractivity contribution >= 4 is 14.5 Å². The van der Waals surface area contributed by atoms with E-state index in [1.807, 2.05) is 6.07 Å². The third-order valence-electron chi connectivity index (χ3n) is 4.21. The van der Waals surface area contributed by atoms with Crippen molar-refractivity contribution in [2.24, 2.45) is 5.11 Å². The van der Waals surface area contributed by atoms with Crippen LogP contribution in [0.2, 0.25) is 6.04 Å². The Balaban J connectivity index is 2.49. The number of rotatable bonds is 14. The van der Waals surface area contributed by atoms with Gasteiger partial charge in [-0.15, -0.1) is 0 Å². The first kappa shape index (κ1) is 21.5. The molecule has 0 aliphatic carbocycles. The van der Waals surface area contributed by atoms with Gasteiger partial charge in [0.25, 0.3) is 0 Å². The molecule has 0 unspecified atom stereocenters. The highest BCUT2D eigenvalue weighted by Crippen LogP contribution is 2.19. The molecule has 8 heteroatoms. The lowest BCUT2D eigenvalue weighted by Crippen LogP contribution is -2.42. The monoisotopic (exact) mass is 366 g/mol. The highest BCUT2D eigenvalue weighted by Gasteiger charge is 2.36. The minimum absolute atomic E-state index is 0.558. The largest absolute Gasteiger partial charge is 0.500 e. The SMILES string of the molecule is CO[Si](CCCCN(CCCCN=[N+]=[N-])c1ccccc1)(OC)OC. The number of hydrogen-bond donors (Lipinski definition) is 0. The fourth-order valence-electron chi connectivity index (χ4n) is 2.74. The molecule has 7 nitrogen and oxygen atoms in total. The average molecular weight is 367 g/mol. The molecule has 0 aliphatic rings. The Labute approximate surface area is 151 Å². The van der Waals surface area contributed by atoms with Gasteiger partial charge in [0.05, 0.1) is 0 Å². The summed E-state index contributed by atoms with van der Waals surface area (Å²) in [7, 11) is 2.48. The molecule has 0 amide bonds. The normalized spacial score (nSPS) is 11.2. The Hall–Kier alpha value is -1.57. The van der Waals surface area contributed by atoms with E-state index in [0.717, 1.165) is 44.8 Å². The molecule has 1 rings (SSSR count). The molecule has 140 valence electrons. The summed E-state index contributed by atoms with van der Waals surface area (Å²) >= 11 is 0. The summed E-state index contributed by atoms with van der Waals surface area (Å²) in [6, 6.07) is 11.2. The number of azide groups is 1. The van der Waals surface area contributed by atoms with Gasteiger partial charge in [0.2, 0.25) is 0 Å². The van der Waals surface area contributed by atoms with Crippen LogP contribution < -0.4 is 4.90 Å². The molecular formula is C17H30N4O3Si. The summed E-state index contributed by atoms with van der Waals surface area (Å²) < 4.78 is 16.4. The Bertz CT molecular complexity index is 500. The van der Waals surface area contributed by atoms with Crippen LogP contribution in [-0.2, 0) is 13.3 Å². The van der Waals surface area contributed by atoms with Gasteiger partial charge in [-0.1, -0.05) is 23.3 Å². The van der Waals surface area contributed by atoms with E-state index in [2.05, 4.69) is 39.2 Å². The molecule has 0 atom stereocenters. The molecule has 0 aromatic heterocycles. The second-order valence-electron chi connectivity index (χ2n) is 5.74. The predicted octanol–water partition coefficient (Wildman–Crippen LogP) is 4.24. The Morgan fingerprint density at radius 3 is 2.12 bits per heavy atom. The van der Waals surface area contributed by atoms with Gasteiger partial charge in [-0.3, -0.25) is 0 Å². The summed E-state index contributed by atoms with van der Waals surface area (Å²) in [6.45, 7) is 2.47. The first-order valence-electron chi connectivity index (χ1n) is 8.67. The van der Waals surface area contributed by atoms with Crippen molar-refractivity contribution in [2.45, 2.75) is 31.7 Å². The van der Waals surface area contributed by atoms with Crippen molar-refractivity contribution in [2.75, 3.05) is 45.9 Å². The molecule has 0 saturated heterocycles. The van der Waals surface area contributed by atoms with Crippen LogP contribution >= 0.6 is 0 Å². The molecule has 1 aromatic rings. The van der Waals surface area contributed by atoms with Gasteiger partial charge in [-0.2, -0.15) is 0 Å². The molecule has 0 radical (unpaired) electrons. The van der Waals surface area contributed by atoms with E-state index in [9.17, 15) is 0 Å². The fourth-order valence-corrected chi connectivity index (χ4v) is 4.53. The Kier molecular flexibility index (Phi) is 10.9. The molecule has 0 bridgehead atoms. The van der Waals surface area contributed by atoms with E-state index < -0.39 is 8.80 Å². The van der Waals surface area contributed by atoms with Gasteiger partial charge in [-0.25, -0.2) is 0 Å². The van der Waals surface area contributed by atoms with Crippen LogP contribution in [0.5, 0.6) is 0 Å². The van der Waals surface area contributed by atoms with E-state index in [1.54, 1.807) is 21.3 Å². The van der Waals surface area contributed by atoms with Crippen molar-refractivity contribution in [3.05, 3.63) is 40.8 Å². The van der Waals surface area contributed by atoms with Crippen LogP contribution in [0.15, 0.2) is 35.4 Å². The van der Waals surface area contributed by atoms with Crippen LogP contribution in [0.3, 0.4) is 0 Å². The maximum atomic E-state index is 8.34. The van der Waals surface area contributed by atoms with Gasteiger partial charge in [-0.05, 0) is 43.3 Å². The number of benzene rings is 1. The zero-order valence-electron chi connectivity index (χ0n) is 15.6. The number of unbranched alkanes of at least 4 members (excludes halogenated alkanes) is 2. The van der Waals surface area contributed by atoms with Crippen molar-refractivity contribution in [3.63, 3.8) is 0 Å². The molecule has 25 heavy (non-hydrogen) atoms. The predicted molar refractivity (Wildman–Crippen MR) is 103 cm³/mol. The topological polar surface area (TPSA) is 79.7 Å². The number of anilines is 1. The Morgan fingerprint density at radius 2 is 1.56 bits per heavy atom. The van der Waals surface area contributed by atoms with Gasteiger partial charge in [0.15, 0.2) is 0 Å². The molecule has 0 saturated carbocycles. The minimum atomic E-state index is -2.47. The molecular weight excluding hydrogens is 336 g/mol. The van der Waals surface area contributed by atoms with Gasteiger partial charge < -0.3 is 18.2 Å². The highest BCUT2D eigenvalue weighted by molar-refractivity contribution is 6.60. The van der Waals surface area contributed by atoms with E-state index in [1.165, 1.54) is 5.69 Å².